The Hall–Kier alpha value is -3.06. The minimum Gasteiger partial charge on any atom is -0.481 e. The van der Waals surface area contributed by atoms with Gasteiger partial charge in [0.05, 0.1) is 25.2 Å². The first-order valence-electron chi connectivity index (χ1n) is 44.9. The molecule has 6 saturated heterocycles. The van der Waals surface area contributed by atoms with Crippen molar-refractivity contribution in [3.05, 3.63) is 0 Å². The molecule has 7 heterocycles. The Bertz CT molecular complexity index is 2710. The van der Waals surface area contributed by atoms with Crippen molar-refractivity contribution in [2.75, 3.05) is 106 Å². The molecule has 9 fully saturated rings. The van der Waals surface area contributed by atoms with Crippen LogP contribution in [0.15, 0.2) is 15.2 Å². The molecular formula is C96H188N8O9. The van der Waals surface area contributed by atoms with Crippen LogP contribution in [0.25, 0.3) is 0 Å². The lowest BCUT2D eigenvalue weighted by molar-refractivity contribution is -0.140. The van der Waals surface area contributed by atoms with Crippen LogP contribution in [0.5, 0.6) is 0 Å². The number of aliphatic imine (C=N–C) groups is 1. The first kappa shape index (κ1) is 110. The van der Waals surface area contributed by atoms with Crippen LogP contribution in [0.1, 0.15) is 369 Å². The Labute approximate surface area is 698 Å². The highest BCUT2D eigenvalue weighted by Crippen LogP contribution is 2.59. The molecule has 0 amide bonds. The summed E-state index contributed by atoms with van der Waals surface area (Å²) >= 11 is 0. The van der Waals surface area contributed by atoms with Gasteiger partial charge in [-0.1, -0.05) is 214 Å². The molecule has 10 aliphatic rings. The first-order valence-corrected chi connectivity index (χ1v) is 44.9. The van der Waals surface area contributed by atoms with E-state index in [0.29, 0.717) is 87.7 Å². The number of rotatable bonds is 13. The Morgan fingerprint density at radius 2 is 0.973 bits per heavy atom. The van der Waals surface area contributed by atoms with Crippen LogP contribution in [-0.2, 0) is 24.0 Å². The van der Waals surface area contributed by atoms with E-state index in [2.05, 4.69) is 241 Å². The van der Waals surface area contributed by atoms with E-state index in [4.69, 9.17) is 10.2 Å². The smallest absolute Gasteiger partial charge is 0.305 e. The second kappa shape index (κ2) is 49.6. The highest BCUT2D eigenvalue weighted by molar-refractivity contribution is 5.86. The van der Waals surface area contributed by atoms with Crippen molar-refractivity contribution in [3.8, 4) is 0 Å². The number of piperidine rings is 5. The fraction of sp³-hybridized carbons (Fsp3) is 0.938. The number of hydrogen-bond donors (Lipinski definition) is 4. The number of carbonyl (C=O) groups excluding carboxylic acids is 3. The standard InChI is InChI=1S/C12H22O.C11H24N2.C11H21NO.C11H21N.C10H21N.C9H16O.C9H18O.C8H16O3.C8H16O2.C7H13N3/c1-9(13)10-5-7-11(8-6-10)12(2,3)4;1-11(2,3)5-6-13-9-7-12(4)8-10-13;1-11(2,3)6-8-12-7-4-5-10(13)9-12;1-11(2,3)10-8-12-6-4-9(10)5-7-12;1-10(2,3)9-5-7-11(4)8-6-9;1-7(10)9(5-6-9)8(2,3)4;1-9(2,3)7-5-4-6-8(7)10;1-8(2,3)5-6(9)4-7(10)11;1-8(2,3)6-4-5-7(9)10;1-7(2,3)4-6-8-5-9-10-6/h10-11H,5-8H2,1-4H3;5-10H2,1-4H3;4-9H2,1-3H3;9-10H,4-8H2,1-3H3;9H,5-8H2,1-4H3;5-6H2,1-4H3;7-8,10H,4-6H2,1-3H3;6,9H,4-5H2,1-3H3,(H,10,11);4-6H2,1-3H3,(H,9,10);4-5H2,1-3H3. The topological polar surface area (TPSA) is 220 Å². The molecule has 666 valence electrons. The van der Waals surface area contributed by atoms with Gasteiger partial charge < -0.3 is 40.0 Å². The van der Waals surface area contributed by atoms with Crippen LogP contribution < -0.4 is 0 Å². The van der Waals surface area contributed by atoms with E-state index in [1.807, 2.05) is 20.8 Å². The molecule has 4 unspecified atom stereocenters. The highest BCUT2D eigenvalue weighted by Gasteiger charge is 2.55. The fourth-order valence-electron chi connectivity index (χ4n) is 16.6. The maximum absolute atomic E-state index is 11.2. The van der Waals surface area contributed by atoms with Crippen LogP contribution >= 0.6 is 0 Å². The zero-order chi connectivity index (χ0) is 87.8. The zero-order valence-corrected chi connectivity index (χ0v) is 80.7. The molecule has 0 aromatic carbocycles. The van der Waals surface area contributed by atoms with Crippen molar-refractivity contribution in [2.45, 2.75) is 381 Å². The molecule has 17 nitrogen and oxygen atoms in total. The van der Waals surface area contributed by atoms with Gasteiger partial charge in [0.2, 0.25) is 0 Å². The van der Waals surface area contributed by atoms with Crippen LogP contribution in [0.2, 0.25) is 0 Å². The van der Waals surface area contributed by atoms with Gasteiger partial charge >= 0.3 is 11.9 Å². The Balaban J connectivity index is 0.00000124. The summed E-state index contributed by atoms with van der Waals surface area (Å²) in [4.78, 5) is 70.2. The lowest BCUT2D eigenvalue weighted by Crippen LogP contribution is -2.51. The molecule has 0 spiro atoms. The molecule has 0 aromatic rings. The number of carbonyl (C=O) groups is 5. The zero-order valence-electron chi connectivity index (χ0n) is 80.7. The number of ketones is 3. The highest BCUT2D eigenvalue weighted by atomic mass is 16.4. The van der Waals surface area contributed by atoms with E-state index in [9.17, 15) is 34.2 Å². The van der Waals surface area contributed by atoms with Gasteiger partial charge in [0.15, 0.2) is 6.67 Å². The second-order valence-corrected chi connectivity index (χ2v) is 47.1. The summed E-state index contributed by atoms with van der Waals surface area (Å²) in [6.07, 6.45) is 23.1. The van der Waals surface area contributed by atoms with E-state index in [0.717, 1.165) is 107 Å². The summed E-state index contributed by atoms with van der Waals surface area (Å²) in [5, 5.41) is 43.0. The molecular weight excluding hydrogens is 1410 g/mol. The lowest BCUT2D eigenvalue weighted by Gasteiger charge is -2.50. The molecule has 3 saturated carbocycles. The molecule has 0 radical (unpaired) electrons. The summed E-state index contributed by atoms with van der Waals surface area (Å²) in [7, 11) is 4.43. The van der Waals surface area contributed by atoms with Gasteiger partial charge in [-0.05, 0) is 273 Å². The first-order chi connectivity index (χ1) is 51.1. The summed E-state index contributed by atoms with van der Waals surface area (Å²) in [5.41, 5.74) is 3.45. The monoisotopic (exact) mass is 1600 g/mol. The average Bonchev–Trinajstić information content (AvgIpc) is 1.60. The van der Waals surface area contributed by atoms with E-state index in [1.54, 1.807) is 13.8 Å². The molecule has 2 bridgehead atoms. The van der Waals surface area contributed by atoms with Crippen LogP contribution in [0, 0.1) is 95.1 Å². The number of piperazine rings is 1. The minimum atomic E-state index is -0.943. The van der Waals surface area contributed by atoms with Gasteiger partial charge in [-0.15, -0.1) is 5.11 Å². The van der Waals surface area contributed by atoms with Gasteiger partial charge in [0, 0.05) is 63.3 Å². The minimum absolute atomic E-state index is 0.00509. The summed E-state index contributed by atoms with van der Waals surface area (Å²) < 4.78 is 0. The number of likely N-dealkylation sites (N-methyl/N-ethyl adjacent to an activating group) is 1. The molecule has 113 heavy (non-hydrogen) atoms. The van der Waals surface area contributed by atoms with Gasteiger partial charge in [0.25, 0.3) is 0 Å². The third-order valence-corrected chi connectivity index (χ3v) is 24.7. The lowest BCUT2D eigenvalue weighted by atomic mass is 9.67. The Morgan fingerprint density at radius 3 is 1.28 bits per heavy atom. The third kappa shape index (κ3) is 53.3. The molecule has 4 N–H and O–H groups in total. The number of hydrogen-bond acceptors (Lipinski definition) is 15. The van der Waals surface area contributed by atoms with Crippen LogP contribution in [0.3, 0.4) is 0 Å². The van der Waals surface area contributed by atoms with Crippen molar-refractivity contribution >= 4 is 35.1 Å². The fourth-order valence-corrected chi connectivity index (χ4v) is 16.6. The van der Waals surface area contributed by atoms with Crippen molar-refractivity contribution in [1.29, 1.82) is 0 Å². The number of fused-ring (bicyclic) bond motifs is 3. The largest absolute Gasteiger partial charge is 0.481 e. The number of amidine groups is 1. The average molecular weight is 1600 g/mol. The van der Waals surface area contributed by atoms with Crippen molar-refractivity contribution in [1.82, 2.24) is 24.5 Å². The van der Waals surface area contributed by atoms with Gasteiger partial charge in [0.1, 0.15) is 23.2 Å². The van der Waals surface area contributed by atoms with Crippen LogP contribution in [-0.4, -0.2) is 198 Å². The van der Waals surface area contributed by atoms with Crippen molar-refractivity contribution < 1.29 is 44.4 Å². The maximum Gasteiger partial charge on any atom is 0.305 e. The number of azo groups is 1. The summed E-state index contributed by atoms with van der Waals surface area (Å²) in [6.45, 7) is 86.7. The number of aliphatic hydroxyl groups is 2. The maximum atomic E-state index is 11.2. The third-order valence-electron chi connectivity index (χ3n) is 24.7. The van der Waals surface area contributed by atoms with Gasteiger partial charge in [-0.3, -0.25) is 28.9 Å². The predicted octanol–water partition coefficient (Wildman–Crippen LogP) is 22.3. The number of Topliss-reactive ketones (excluding diaryl/α,β-unsaturated/α-hetero) is 3. The predicted molar refractivity (Wildman–Crippen MR) is 479 cm³/mol. The number of nitrogens with zero attached hydrogens (tertiary/aromatic N) is 8. The van der Waals surface area contributed by atoms with Crippen molar-refractivity contribution in [2.24, 2.45) is 110 Å². The molecule has 10 rings (SSSR count). The molecule has 7 aliphatic heterocycles. The number of likely N-dealkylation sites (tertiary alicyclic amines) is 2. The Morgan fingerprint density at radius 1 is 0.504 bits per heavy atom. The molecule has 0 aromatic heterocycles. The summed E-state index contributed by atoms with van der Waals surface area (Å²) in [6, 6.07) is 0. The van der Waals surface area contributed by atoms with E-state index >= 15 is 0 Å². The van der Waals surface area contributed by atoms with Crippen molar-refractivity contribution in [3.63, 3.8) is 0 Å². The summed E-state index contributed by atoms with van der Waals surface area (Å²) in [5.74, 6) is 5.12. The van der Waals surface area contributed by atoms with Crippen LogP contribution in [0.4, 0.5) is 0 Å². The van der Waals surface area contributed by atoms with E-state index in [1.165, 1.54) is 130 Å². The number of carboxylic acid groups (broad SMARTS) is 2. The van der Waals surface area contributed by atoms with E-state index < -0.39 is 18.0 Å². The number of aliphatic carboxylic acids is 2. The number of carboxylic acids is 2. The SMILES string of the molecule is CC(=O)C1(C(C)(C)C)CC1.CC(=O)C1CCC(C(C)(C)C)CC1.CC(C)(C)C1CCCC1O.CC(C)(C)C1CN2CCC1CC2.CC(C)(C)CC(O)CC(=O)O.CC(C)(C)CC1=NCN=N1.CC(C)(C)CCCC(=O)O.CC(C)(C)CCN1CCCC(=O)C1.CN1CCC(C(C)(C)C)CC1.CN1CCN(CCC(C)(C)C)CC1. The molecule has 4 atom stereocenters. The van der Waals surface area contributed by atoms with E-state index in [-0.39, 0.29) is 39.6 Å². The molecule has 3 aliphatic carbocycles. The Kier molecular flexibility index (Phi) is 48.3. The number of aliphatic hydroxyl groups excluding tert-OH is 2. The quantitative estimate of drug-likeness (QED) is 0.135. The second-order valence-electron chi connectivity index (χ2n) is 47.1. The van der Waals surface area contributed by atoms with Gasteiger partial charge in [-0.2, -0.15) is 5.11 Å². The van der Waals surface area contributed by atoms with Gasteiger partial charge in [-0.25, -0.2) is 4.99 Å². The molecule has 17 heteroatoms. The normalized spacial score (nSPS) is 24.2.